The monoisotopic (exact) mass is 286 g/mol. The molecule has 0 saturated heterocycles. The highest BCUT2D eigenvalue weighted by Gasteiger charge is 2.26. The summed E-state index contributed by atoms with van der Waals surface area (Å²) >= 11 is 6.31. The van der Waals surface area contributed by atoms with E-state index < -0.39 is 0 Å². The van der Waals surface area contributed by atoms with Gasteiger partial charge in [-0.3, -0.25) is 0 Å². The number of benzene rings is 1. The molecule has 0 fully saturated rings. The molecule has 18 heavy (non-hydrogen) atoms. The molecular formula is C15H23FS2. The average molecular weight is 286 g/mol. The van der Waals surface area contributed by atoms with Crippen molar-refractivity contribution in [2.45, 2.75) is 44.4 Å². The minimum atomic E-state index is -0.151. The zero-order valence-electron chi connectivity index (χ0n) is 11.3. The van der Waals surface area contributed by atoms with E-state index in [4.69, 9.17) is 0 Å². The zero-order valence-corrected chi connectivity index (χ0v) is 13.0. The van der Waals surface area contributed by atoms with E-state index in [1.54, 1.807) is 23.9 Å². The fourth-order valence-electron chi connectivity index (χ4n) is 2.33. The lowest BCUT2D eigenvalue weighted by Crippen LogP contribution is -2.25. The Balaban J connectivity index is 2.66. The number of halogens is 1. The van der Waals surface area contributed by atoms with Gasteiger partial charge in [0, 0.05) is 10.6 Å². The molecule has 1 rings (SSSR count). The second kappa shape index (κ2) is 8.11. The smallest absolute Gasteiger partial charge is 0.124 e. The Labute approximate surface area is 120 Å². The summed E-state index contributed by atoms with van der Waals surface area (Å²) in [5, 5.41) is 0. The first-order valence-electron chi connectivity index (χ1n) is 6.65. The average Bonchev–Trinajstić information content (AvgIpc) is 2.37. The van der Waals surface area contributed by atoms with Crippen LogP contribution in [0, 0.1) is 11.2 Å². The first-order chi connectivity index (χ1) is 8.65. The van der Waals surface area contributed by atoms with Gasteiger partial charge in [-0.25, -0.2) is 4.39 Å². The number of hydrogen-bond donors (Lipinski definition) is 1. The molecule has 0 atom stereocenters. The van der Waals surface area contributed by atoms with Gasteiger partial charge in [0.25, 0.3) is 0 Å². The molecule has 0 N–H and O–H groups in total. The maximum Gasteiger partial charge on any atom is 0.124 e. The van der Waals surface area contributed by atoms with Crippen LogP contribution in [0.3, 0.4) is 0 Å². The van der Waals surface area contributed by atoms with E-state index in [1.165, 1.54) is 31.7 Å². The van der Waals surface area contributed by atoms with Gasteiger partial charge in [-0.2, -0.15) is 12.6 Å². The van der Waals surface area contributed by atoms with Gasteiger partial charge in [0.1, 0.15) is 5.82 Å². The lowest BCUT2D eigenvalue weighted by atomic mass is 9.83. The van der Waals surface area contributed by atoms with E-state index in [0.29, 0.717) is 5.41 Å². The van der Waals surface area contributed by atoms with Gasteiger partial charge in [0.15, 0.2) is 0 Å². The van der Waals surface area contributed by atoms with Gasteiger partial charge in [-0.1, -0.05) is 32.8 Å². The van der Waals surface area contributed by atoms with Crippen molar-refractivity contribution in [3.63, 3.8) is 0 Å². The highest BCUT2D eigenvalue weighted by molar-refractivity contribution is 7.99. The molecule has 0 nitrogen and oxygen atoms in total. The number of thiol groups is 1. The summed E-state index contributed by atoms with van der Waals surface area (Å²) in [6.45, 7) is 4.45. The Morgan fingerprint density at radius 2 is 1.89 bits per heavy atom. The number of rotatable bonds is 8. The molecule has 0 aromatic heterocycles. The van der Waals surface area contributed by atoms with Crippen LogP contribution < -0.4 is 0 Å². The molecule has 1 aromatic rings. The first-order valence-corrected chi connectivity index (χ1v) is 8.27. The van der Waals surface area contributed by atoms with E-state index >= 15 is 0 Å². The molecule has 1 aromatic carbocycles. The number of hydrogen-bond acceptors (Lipinski definition) is 2. The highest BCUT2D eigenvalue weighted by atomic mass is 32.2. The van der Waals surface area contributed by atoms with Crippen molar-refractivity contribution in [2.24, 2.45) is 5.41 Å². The molecule has 0 amide bonds. The fraction of sp³-hybridized carbons (Fsp3) is 0.600. The third kappa shape index (κ3) is 4.85. The minimum absolute atomic E-state index is 0.151. The quantitative estimate of drug-likeness (QED) is 0.491. The van der Waals surface area contributed by atoms with Crippen molar-refractivity contribution in [3.05, 3.63) is 30.1 Å². The summed E-state index contributed by atoms with van der Waals surface area (Å²) in [5.41, 5.74) is 0.295. The van der Waals surface area contributed by atoms with Crippen LogP contribution in [0.1, 0.15) is 39.5 Å². The molecule has 0 aliphatic heterocycles. The Morgan fingerprint density at radius 1 is 1.22 bits per heavy atom. The van der Waals surface area contributed by atoms with Crippen molar-refractivity contribution in [1.29, 1.82) is 0 Å². The topological polar surface area (TPSA) is 0 Å². The van der Waals surface area contributed by atoms with Gasteiger partial charge in [-0.15, -0.1) is 11.8 Å². The normalized spacial score (nSPS) is 11.8. The SMILES string of the molecule is CCCC(CS)(CCC)CSc1cccc(F)c1. The van der Waals surface area contributed by atoms with Crippen molar-refractivity contribution < 1.29 is 4.39 Å². The van der Waals surface area contributed by atoms with Crippen molar-refractivity contribution >= 4 is 24.4 Å². The highest BCUT2D eigenvalue weighted by Crippen LogP contribution is 2.37. The van der Waals surface area contributed by atoms with E-state index in [-0.39, 0.29) is 5.82 Å². The van der Waals surface area contributed by atoms with Crippen LogP contribution in [-0.2, 0) is 0 Å². The van der Waals surface area contributed by atoms with Crippen molar-refractivity contribution in [2.75, 3.05) is 11.5 Å². The van der Waals surface area contributed by atoms with Gasteiger partial charge >= 0.3 is 0 Å². The van der Waals surface area contributed by atoms with Crippen molar-refractivity contribution in [3.8, 4) is 0 Å². The molecular weight excluding hydrogens is 263 g/mol. The van der Waals surface area contributed by atoms with Crippen LogP contribution in [0.15, 0.2) is 29.2 Å². The summed E-state index contributed by atoms with van der Waals surface area (Å²) in [6, 6.07) is 6.87. The van der Waals surface area contributed by atoms with Crippen LogP contribution in [-0.4, -0.2) is 11.5 Å². The largest absolute Gasteiger partial charge is 0.207 e. The van der Waals surface area contributed by atoms with Crippen molar-refractivity contribution in [1.82, 2.24) is 0 Å². The lowest BCUT2D eigenvalue weighted by molar-refractivity contribution is 0.318. The van der Waals surface area contributed by atoms with Crippen LogP contribution in [0.25, 0.3) is 0 Å². The Bertz CT molecular complexity index is 346. The van der Waals surface area contributed by atoms with E-state index in [9.17, 15) is 4.39 Å². The molecule has 102 valence electrons. The molecule has 0 aliphatic rings. The van der Waals surface area contributed by atoms with Crippen LogP contribution >= 0.6 is 24.4 Å². The summed E-state index contributed by atoms with van der Waals surface area (Å²) in [7, 11) is 0. The van der Waals surface area contributed by atoms with Gasteiger partial charge < -0.3 is 0 Å². The Morgan fingerprint density at radius 3 is 2.39 bits per heavy atom. The molecule has 0 aliphatic carbocycles. The Kier molecular flexibility index (Phi) is 7.16. The lowest BCUT2D eigenvalue weighted by Gasteiger charge is -2.31. The molecule has 3 heteroatoms. The molecule has 0 spiro atoms. The summed E-state index contributed by atoms with van der Waals surface area (Å²) in [5.74, 6) is 1.79. The molecule has 0 heterocycles. The summed E-state index contributed by atoms with van der Waals surface area (Å²) in [4.78, 5) is 1.02. The summed E-state index contributed by atoms with van der Waals surface area (Å²) < 4.78 is 13.1. The van der Waals surface area contributed by atoms with Gasteiger partial charge in [0.2, 0.25) is 0 Å². The molecule has 0 unspecified atom stereocenters. The molecule has 0 radical (unpaired) electrons. The van der Waals surface area contributed by atoms with Crippen LogP contribution in [0.5, 0.6) is 0 Å². The Hall–Kier alpha value is -0.150. The molecule has 0 bridgehead atoms. The third-order valence-corrected chi connectivity index (χ3v) is 5.25. The second-order valence-electron chi connectivity index (χ2n) is 4.90. The van der Waals surface area contributed by atoms with E-state index in [0.717, 1.165) is 16.4 Å². The van der Waals surface area contributed by atoms with E-state index in [1.807, 2.05) is 6.07 Å². The maximum atomic E-state index is 13.1. The predicted molar refractivity (Wildman–Crippen MR) is 83.2 cm³/mol. The van der Waals surface area contributed by atoms with Gasteiger partial charge in [0.05, 0.1) is 0 Å². The summed E-state index contributed by atoms with van der Waals surface area (Å²) in [6.07, 6.45) is 4.77. The first kappa shape index (κ1) is 15.9. The minimum Gasteiger partial charge on any atom is -0.207 e. The predicted octanol–water partition coefficient (Wildman–Crippen LogP) is 5.43. The van der Waals surface area contributed by atoms with E-state index in [2.05, 4.69) is 26.5 Å². The zero-order chi connectivity index (χ0) is 13.4. The van der Waals surface area contributed by atoms with Crippen LogP contribution in [0.2, 0.25) is 0 Å². The standard InChI is InChI=1S/C15H23FS2/c1-3-8-15(11-17,9-4-2)12-18-14-7-5-6-13(16)10-14/h5-7,10,17H,3-4,8-9,11-12H2,1-2H3. The second-order valence-corrected chi connectivity index (χ2v) is 6.27. The fourth-order valence-corrected chi connectivity index (χ4v) is 4.14. The maximum absolute atomic E-state index is 13.1. The van der Waals surface area contributed by atoms with Crippen LogP contribution in [0.4, 0.5) is 4.39 Å². The third-order valence-electron chi connectivity index (χ3n) is 3.24. The number of thioether (sulfide) groups is 1. The van der Waals surface area contributed by atoms with Gasteiger partial charge in [-0.05, 0) is 42.2 Å². The molecule has 0 saturated carbocycles.